The molecule has 0 radical (unpaired) electrons. The van der Waals surface area contributed by atoms with Crippen LogP contribution in [-0.4, -0.2) is 42.1 Å². The van der Waals surface area contributed by atoms with Crippen LogP contribution in [0, 0.1) is 0 Å². The summed E-state index contributed by atoms with van der Waals surface area (Å²) in [4.78, 5) is 39.4. The largest absolute Gasteiger partial charge is 0.463 e. The van der Waals surface area contributed by atoms with Gasteiger partial charge in [-0.2, -0.15) is 0 Å². The number of ether oxygens (including phenoxy) is 1. The Morgan fingerprint density at radius 2 is 2.10 bits per heavy atom. The zero-order valence-electron chi connectivity index (χ0n) is 12.1. The fourth-order valence-electron chi connectivity index (χ4n) is 1.65. The van der Waals surface area contributed by atoms with Crippen molar-refractivity contribution in [3.63, 3.8) is 0 Å². The summed E-state index contributed by atoms with van der Waals surface area (Å²) in [6, 6.07) is -0.981. The van der Waals surface area contributed by atoms with Crippen LogP contribution in [0.2, 0.25) is 0 Å². The van der Waals surface area contributed by atoms with Gasteiger partial charge in [-0.05, 0) is 20.3 Å². The van der Waals surface area contributed by atoms with Crippen LogP contribution in [0.1, 0.15) is 33.6 Å². The van der Waals surface area contributed by atoms with Crippen molar-refractivity contribution in [3.8, 4) is 0 Å². The number of imide groups is 1. The van der Waals surface area contributed by atoms with Gasteiger partial charge in [-0.3, -0.25) is 15.4 Å². The molecule has 0 saturated carbocycles. The van der Waals surface area contributed by atoms with Crippen molar-refractivity contribution < 1.29 is 28.3 Å². The zero-order valence-corrected chi connectivity index (χ0v) is 12.1. The van der Waals surface area contributed by atoms with Gasteiger partial charge in [0.1, 0.15) is 0 Å². The number of halogens is 1. The second kappa shape index (κ2) is 7.00. The predicted octanol–water partition coefficient (Wildman–Crippen LogP) is 0.616. The summed E-state index contributed by atoms with van der Waals surface area (Å²) in [5.74, 6) is -2.89. The van der Waals surface area contributed by atoms with Gasteiger partial charge in [0, 0.05) is 0 Å². The van der Waals surface area contributed by atoms with Crippen LogP contribution in [0.3, 0.4) is 0 Å². The lowest BCUT2D eigenvalue weighted by atomic mass is 10.0. The molecule has 3 amide bonds. The van der Waals surface area contributed by atoms with E-state index >= 15 is 0 Å². The lowest BCUT2D eigenvalue weighted by Crippen LogP contribution is -2.70. The number of oxime groups is 1. The molecule has 0 bridgehead atoms. The van der Waals surface area contributed by atoms with E-state index in [1.807, 2.05) is 12.2 Å². The maximum absolute atomic E-state index is 14.7. The first-order valence-corrected chi connectivity index (χ1v) is 6.53. The van der Waals surface area contributed by atoms with Crippen LogP contribution in [0.5, 0.6) is 0 Å². The van der Waals surface area contributed by atoms with Crippen molar-refractivity contribution in [2.45, 2.75) is 45.5 Å². The fourth-order valence-corrected chi connectivity index (χ4v) is 1.65. The van der Waals surface area contributed by atoms with E-state index < -0.39 is 29.8 Å². The number of nitrogens with one attached hydrogen (secondary N) is 2. The monoisotopic (exact) mass is 303 g/mol. The standard InChI is InChI=1S/C12H18FN3O5/c1-4-6-7(3)16-21-9-12(13,10(18)20-5-2)8(17)14-11(19)15-9/h9H,4-6H2,1-3H3,(H2,14,15,17,19). The Bertz CT molecular complexity index is 468. The van der Waals surface area contributed by atoms with Gasteiger partial charge in [-0.25, -0.2) is 14.0 Å². The predicted molar refractivity (Wildman–Crippen MR) is 70.0 cm³/mol. The molecule has 1 fully saturated rings. The smallest absolute Gasteiger partial charge is 0.360 e. The highest BCUT2D eigenvalue weighted by molar-refractivity contribution is 6.14. The van der Waals surface area contributed by atoms with Crippen molar-refractivity contribution in [3.05, 3.63) is 0 Å². The van der Waals surface area contributed by atoms with Crippen LogP contribution in [0.15, 0.2) is 5.16 Å². The van der Waals surface area contributed by atoms with E-state index in [1.54, 1.807) is 12.2 Å². The average molecular weight is 303 g/mol. The third kappa shape index (κ3) is 3.67. The fraction of sp³-hybridized carbons (Fsp3) is 0.667. The molecule has 9 heteroatoms. The topological polar surface area (TPSA) is 106 Å². The van der Waals surface area contributed by atoms with Gasteiger partial charge in [0.15, 0.2) is 0 Å². The summed E-state index contributed by atoms with van der Waals surface area (Å²) >= 11 is 0. The van der Waals surface area contributed by atoms with Gasteiger partial charge < -0.3 is 9.57 Å². The molecule has 0 aromatic rings. The van der Waals surface area contributed by atoms with Gasteiger partial charge in [0.05, 0.1) is 12.3 Å². The second-order valence-corrected chi connectivity index (χ2v) is 4.42. The number of rotatable bonds is 6. The molecule has 1 aliphatic rings. The normalized spacial score (nSPS) is 25.9. The molecule has 0 aliphatic carbocycles. The van der Waals surface area contributed by atoms with Gasteiger partial charge in [0.25, 0.3) is 12.1 Å². The van der Waals surface area contributed by atoms with Crippen molar-refractivity contribution in [2.24, 2.45) is 5.16 Å². The molecule has 0 aromatic carbocycles. The van der Waals surface area contributed by atoms with Gasteiger partial charge >= 0.3 is 17.7 Å². The minimum Gasteiger partial charge on any atom is -0.463 e. The molecule has 21 heavy (non-hydrogen) atoms. The molecule has 2 unspecified atom stereocenters. The SMILES string of the molecule is CCCC(C)=NOC1NC(=O)NC(=O)C1(F)C(=O)OCC. The third-order valence-electron chi connectivity index (χ3n) is 2.68. The van der Waals surface area contributed by atoms with Gasteiger partial charge in [0.2, 0.25) is 0 Å². The molecule has 0 spiro atoms. The molecule has 0 aromatic heterocycles. The number of hydrogen-bond donors (Lipinski definition) is 2. The Labute approximate surface area is 121 Å². The molecule has 1 saturated heterocycles. The Balaban J connectivity index is 2.98. The second-order valence-electron chi connectivity index (χ2n) is 4.42. The molecule has 118 valence electrons. The number of carbonyl (C=O) groups excluding carboxylic acids is 3. The molecular formula is C12H18FN3O5. The van der Waals surface area contributed by atoms with Crippen molar-refractivity contribution >= 4 is 23.6 Å². The summed E-state index contributed by atoms with van der Waals surface area (Å²) in [6.07, 6.45) is -0.509. The van der Waals surface area contributed by atoms with Crippen molar-refractivity contribution in [2.75, 3.05) is 6.61 Å². The summed E-state index contributed by atoms with van der Waals surface area (Å²) < 4.78 is 19.2. The Hall–Kier alpha value is -2.19. The zero-order chi connectivity index (χ0) is 16.0. The lowest BCUT2D eigenvalue weighted by Gasteiger charge is -2.32. The number of alkyl halides is 1. The van der Waals surface area contributed by atoms with E-state index in [1.165, 1.54) is 6.92 Å². The lowest BCUT2D eigenvalue weighted by molar-refractivity contribution is -0.179. The van der Waals surface area contributed by atoms with Crippen molar-refractivity contribution in [1.82, 2.24) is 10.6 Å². The maximum atomic E-state index is 14.7. The van der Waals surface area contributed by atoms with Crippen LogP contribution in [-0.2, 0) is 19.2 Å². The van der Waals surface area contributed by atoms with Crippen LogP contribution < -0.4 is 10.6 Å². The Morgan fingerprint density at radius 3 is 2.67 bits per heavy atom. The highest BCUT2D eigenvalue weighted by Gasteiger charge is 2.61. The van der Waals surface area contributed by atoms with E-state index in [2.05, 4.69) is 9.89 Å². The average Bonchev–Trinajstić information content (AvgIpc) is 2.41. The maximum Gasteiger partial charge on any atom is 0.360 e. The van der Waals surface area contributed by atoms with Gasteiger partial charge in [-0.1, -0.05) is 18.5 Å². The first kappa shape index (κ1) is 16.9. The minimum atomic E-state index is -3.19. The molecule has 1 heterocycles. The highest BCUT2D eigenvalue weighted by Crippen LogP contribution is 2.23. The molecule has 2 N–H and O–H groups in total. The summed E-state index contributed by atoms with van der Waals surface area (Å²) in [5, 5.41) is 7.28. The van der Waals surface area contributed by atoms with E-state index in [0.29, 0.717) is 12.1 Å². The molecular weight excluding hydrogens is 285 g/mol. The summed E-state index contributed by atoms with van der Waals surface area (Å²) in [6.45, 7) is 4.88. The van der Waals surface area contributed by atoms with E-state index in [9.17, 15) is 18.8 Å². The minimum absolute atomic E-state index is 0.128. The Morgan fingerprint density at radius 1 is 1.43 bits per heavy atom. The van der Waals surface area contributed by atoms with Crippen LogP contribution >= 0.6 is 0 Å². The molecule has 8 nitrogen and oxygen atoms in total. The van der Waals surface area contributed by atoms with E-state index in [4.69, 9.17) is 4.84 Å². The molecule has 1 aliphatic heterocycles. The summed E-state index contributed by atoms with van der Waals surface area (Å²) in [5.41, 5.74) is -2.66. The van der Waals surface area contributed by atoms with Crippen LogP contribution in [0.25, 0.3) is 0 Å². The Kier molecular flexibility index (Phi) is 5.62. The first-order valence-electron chi connectivity index (χ1n) is 6.53. The van der Waals surface area contributed by atoms with E-state index in [-0.39, 0.29) is 6.61 Å². The quantitative estimate of drug-likeness (QED) is 0.324. The van der Waals surface area contributed by atoms with Crippen molar-refractivity contribution in [1.29, 1.82) is 0 Å². The van der Waals surface area contributed by atoms with Crippen LogP contribution in [0.4, 0.5) is 9.18 Å². The first-order chi connectivity index (χ1) is 9.86. The molecule has 2 atom stereocenters. The molecule has 1 rings (SSSR count). The summed E-state index contributed by atoms with van der Waals surface area (Å²) in [7, 11) is 0. The third-order valence-corrected chi connectivity index (χ3v) is 2.68. The highest BCUT2D eigenvalue weighted by atomic mass is 19.1. The number of amides is 3. The van der Waals surface area contributed by atoms with E-state index in [0.717, 1.165) is 6.42 Å². The number of urea groups is 1. The number of esters is 1. The number of nitrogens with zero attached hydrogens (tertiary/aromatic N) is 1. The number of hydrogen-bond acceptors (Lipinski definition) is 6. The van der Waals surface area contributed by atoms with Gasteiger partial charge in [-0.15, -0.1) is 0 Å². The number of carbonyl (C=O) groups is 3.